The molecule has 0 bridgehead atoms. The standard InChI is InChI=1S/C16H25NO/c1-5-14(6-2)17(4)15(7-3)16(18)13-11-9-8-10-12-13/h8-12,14-15H,5-7H2,1-4H3. The second-order valence-electron chi connectivity index (χ2n) is 4.79. The van der Waals surface area contributed by atoms with Crippen LogP contribution in [0, 0.1) is 0 Å². The number of likely N-dealkylation sites (N-methyl/N-ethyl adjacent to an activating group) is 1. The van der Waals surface area contributed by atoms with Gasteiger partial charge >= 0.3 is 0 Å². The van der Waals surface area contributed by atoms with Gasteiger partial charge in [0.15, 0.2) is 5.78 Å². The van der Waals surface area contributed by atoms with Gasteiger partial charge in [0.2, 0.25) is 0 Å². The zero-order valence-corrected chi connectivity index (χ0v) is 12.0. The Labute approximate surface area is 111 Å². The zero-order valence-electron chi connectivity index (χ0n) is 12.0. The van der Waals surface area contributed by atoms with Gasteiger partial charge in [-0.05, 0) is 26.3 Å². The van der Waals surface area contributed by atoms with Crippen molar-refractivity contribution in [2.45, 2.75) is 52.1 Å². The molecular weight excluding hydrogens is 222 g/mol. The fourth-order valence-electron chi connectivity index (χ4n) is 2.57. The SMILES string of the molecule is CCC(CC)N(C)C(CC)C(=O)c1ccccc1. The van der Waals surface area contributed by atoms with Crippen LogP contribution < -0.4 is 0 Å². The fraction of sp³-hybridized carbons (Fsp3) is 0.562. The highest BCUT2D eigenvalue weighted by molar-refractivity contribution is 6.00. The molecule has 0 spiro atoms. The number of benzene rings is 1. The number of hydrogen-bond acceptors (Lipinski definition) is 2. The minimum atomic E-state index is -0.00250. The summed E-state index contributed by atoms with van der Waals surface area (Å²) in [5.74, 6) is 0.243. The van der Waals surface area contributed by atoms with E-state index in [-0.39, 0.29) is 11.8 Å². The van der Waals surface area contributed by atoms with E-state index in [1.54, 1.807) is 0 Å². The minimum absolute atomic E-state index is 0.00250. The van der Waals surface area contributed by atoms with Crippen LogP contribution in [0.15, 0.2) is 30.3 Å². The van der Waals surface area contributed by atoms with Crippen LogP contribution in [0.5, 0.6) is 0 Å². The van der Waals surface area contributed by atoms with E-state index in [1.807, 2.05) is 30.3 Å². The summed E-state index contributed by atoms with van der Waals surface area (Å²) >= 11 is 0. The number of carbonyl (C=O) groups is 1. The van der Waals surface area contributed by atoms with Crippen LogP contribution in [-0.4, -0.2) is 29.8 Å². The number of Topliss-reactive ketones (excluding diaryl/α,β-unsaturated/α-hetero) is 1. The van der Waals surface area contributed by atoms with Gasteiger partial charge < -0.3 is 0 Å². The highest BCUT2D eigenvalue weighted by atomic mass is 16.1. The molecule has 0 N–H and O–H groups in total. The Morgan fingerprint density at radius 3 is 2.06 bits per heavy atom. The van der Waals surface area contributed by atoms with E-state index in [0.717, 1.165) is 24.8 Å². The molecule has 0 fully saturated rings. The van der Waals surface area contributed by atoms with Crippen molar-refractivity contribution in [1.82, 2.24) is 4.90 Å². The van der Waals surface area contributed by atoms with Gasteiger partial charge in [0.25, 0.3) is 0 Å². The normalized spacial score (nSPS) is 13.0. The molecule has 1 rings (SSSR count). The van der Waals surface area contributed by atoms with Gasteiger partial charge in [-0.3, -0.25) is 9.69 Å². The summed E-state index contributed by atoms with van der Waals surface area (Å²) in [5, 5.41) is 0. The van der Waals surface area contributed by atoms with E-state index in [1.165, 1.54) is 0 Å². The largest absolute Gasteiger partial charge is 0.293 e. The molecule has 1 aromatic carbocycles. The van der Waals surface area contributed by atoms with Crippen molar-refractivity contribution in [2.75, 3.05) is 7.05 Å². The minimum Gasteiger partial charge on any atom is -0.293 e. The maximum Gasteiger partial charge on any atom is 0.179 e. The number of hydrogen-bond donors (Lipinski definition) is 0. The summed E-state index contributed by atoms with van der Waals surface area (Å²) in [7, 11) is 2.08. The van der Waals surface area contributed by atoms with Crippen molar-refractivity contribution < 1.29 is 4.79 Å². The molecule has 0 saturated heterocycles. The summed E-state index contributed by atoms with van der Waals surface area (Å²) < 4.78 is 0. The first-order chi connectivity index (χ1) is 8.65. The molecule has 1 atom stereocenters. The molecule has 1 unspecified atom stereocenters. The monoisotopic (exact) mass is 247 g/mol. The van der Waals surface area contributed by atoms with E-state index in [0.29, 0.717) is 6.04 Å². The van der Waals surface area contributed by atoms with Gasteiger partial charge in [0, 0.05) is 11.6 Å². The van der Waals surface area contributed by atoms with Crippen LogP contribution in [0.1, 0.15) is 50.4 Å². The molecule has 2 nitrogen and oxygen atoms in total. The lowest BCUT2D eigenvalue weighted by Gasteiger charge is -2.32. The zero-order chi connectivity index (χ0) is 13.5. The Morgan fingerprint density at radius 2 is 1.61 bits per heavy atom. The summed E-state index contributed by atoms with van der Waals surface area (Å²) in [5.41, 5.74) is 0.821. The second-order valence-corrected chi connectivity index (χ2v) is 4.79. The summed E-state index contributed by atoms with van der Waals surface area (Å²) in [4.78, 5) is 14.8. The highest BCUT2D eigenvalue weighted by Gasteiger charge is 2.26. The first-order valence-electron chi connectivity index (χ1n) is 6.96. The van der Waals surface area contributed by atoms with E-state index in [2.05, 4.69) is 32.7 Å². The Kier molecular flexibility index (Phi) is 6.06. The van der Waals surface area contributed by atoms with Crippen molar-refractivity contribution in [3.63, 3.8) is 0 Å². The van der Waals surface area contributed by atoms with Gasteiger partial charge in [-0.15, -0.1) is 0 Å². The third-order valence-corrected chi connectivity index (χ3v) is 3.76. The van der Waals surface area contributed by atoms with Crippen LogP contribution in [0.25, 0.3) is 0 Å². The van der Waals surface area contributed by atoms with Crippen molar-refractivity contribution in [3.05, 3.63) is 35.9 Å². The Morgan fingerprint density at radius 1 is 1.06 bits per heavy atom. The molecule has 100 valence electrons. The quantitative estimate of drug-likeness (QED) is 0.684. The average molecular weight is 247 g/mol. The topological polar surface area (TPSA) is 20.3 Å². The first kappa shape index (κ1) is 14.9. The van der Waals surface area contributed by atoms with Gasteiger partial charge in [-0.1, -0.05) is 51.1 Å². The Balaban J connectivity index is 2.86. The molecule has 0 aliphatic rings. The molecule has 0 saturated carbocycles. The molecule has 0 aromatic heterocycles. The van der Waals surface area contributed by atoms with E-state index < -0.39 is 0 Å². The molecule has 0 heterocycles. The molecule has 18 heavy (non-hydrogen) atoms. The van der Waals surface area contributed by atoms with E-state index >= 15 is 0 Å². The molecule has 0 radical (unpaired) electrons. The van der Waals surface area contributed by atoms with Gasteiger partial charge in [-0.25, -0.2) is 0 Å². The summed E-state index contributed by atoms with van der Waals surface area (Å²) in [6, 6.07) is 10.1. The fourth-order valence-corrected chi connectivity index (χ4v) is 2.57. The van der Waals surface area contributed by atoms with Crippen LogP contribution >= 0.6 is 0 Å². The Hall–Kier alpha value is -1.15. The van der Waals surface area contributed by atoms with Gasteiger partial charge in [-0.2, -0.15) is 0 Å². The number of carbonyl (C=O) groups excluding carboxylic acids is 1. The van der Waals surface area contributed by atoms with Crippen LogP contribution in [0.3, 0.4) is 0 Å². The Bertz CT molecular complexity index is 357. The molecule has 0 aliphatic heterocycles. The lowest BCUT2D eigenvalue weighted by atomic mass is 9.98. The molecular formula is C16H25NO. The number of rotatable bonds is 7. The molecule has 1 aromatic rings. The van der Waals surface area contributed by atoms with Crippen LogP contribution in [0.2, 0.25) is 0 Å². The third-order valence-electron chi connectivity index (χ3n) is 3.76. The van der Waals surface area contributed by atoms with Crippen molar-refractivity contribution in [2.24, 2.45) is 0 Å². The second kappa shape index (κ2) is 7.32. The van der Waals surface area contributed by atoms with Gasteiger partial charge in [0.05, 0.1) is 6.04 Å². The molecule has 0 aliphatic carbocycles. The number of ketones is 1. The van der Waals surface area contributed by atoms with Crippen molar-refractivity contribution >= 4 is 5.78 Å². The van der Waals surface area contributed by atoms with Gasteiger partial charge in [0.1, 0.15) is 0 Å². The van der Waals surface area contributed by atoms with Crippen LogP contribution in [-0.2, 0) is 0 Å². The average Bonchev–Trinajstić information content (AvgIpc) is 2.42. The van der Waals surface area contributed by atoms with Crippen molar-refractivity contribution in [3.8, 4) is 0 Å². The predicted molar refractivity (Wildman–Crippen MR) is 77.0 cm³/mol. The van der Waals surface area contributed by atoms with E-state index in [9.17, 15) is 4.79 Å². The first-order valence-corrected chi connectivity index (χ1v) is 6.96. The lowest BCUT2D eigenvalue weighted by Crippen LogP contribution is -2.44. The maximum atomic E-state index is 12.5. The maximum absolute atomic E-state index is 12.5. The molecule has 2 heteroatoms. The molecule has 0 amide bonds. The highest BCUT2D eigenvalue weighted by Crippen LogP contribution is 2.16. The van der Waals surface area contributed by atoms with Crippen LogP contribution in [0.4, 0.5) is 0 Å². The summed E-state index contributed by atoms with van der Waals surface area (Å²) in [6.45, 7) is 6.46. The number of nitrogens with zero attached hydrogens (tertiary/aromatic N) is 1. The summed E-state index contributed by atoms with van der Waals surface area (Å²) in [6.07, 6.45) is 3.04. The third kappa shape index (κ3) is 3.42. The predicted octanol–water partition coefficient (Wildman–Crippen LogP) is 3.77. The lowest BCUT2D eigenvalue weighted by molar-refractivity contribution is 0.0776. The van der Waals surface area contributed by atoms with E-state index in [4.69, 9.17) is 0 Å². The van der Waals surface area contributed by atoms with Crippen molar-refractivity contribution in [1.29, 1.82) is 0 Å². The smallest absolute Gasteiger partial charge is 0.179 e.